The highest BCUT2D eigenvalue weighted by molar-refractivity contribution is 6.04. The SMILES string of the molecule is CCN(CC)C(=O)[C@@H]1[C@H](C(=O)c2ccccc2)[C@H]1[C@@H]1COC(C)(C)O1. The molecule has 3 rings (SSSR count). The van der Waals surface area contributed by atoms with E-state index in [2.05, 4.69) is 0 Å². The molecule has 1 aliphatic heterocycles. The van der Waals surface area contributed by atoms with Crippen molar-refractivity contribution in [3.05, 3.63) is 35.9 Å². The van der Waals surface area contributed by atoms with Gasteiger partial charge in [0.15, 0.2) is 11.6 Å². The molecule has 1 saturated heterocycles. The summed E-state index contributed by atoms with van der Waals surface area (Å²) in [5, 5.41) is 0. The third-order valence-electron chi connectivity index (χ3n) is 5.26. The molecule has 0 spiro atoms. The normalized spacial score (nSPS) is 30.1. The van der Waals surface area contributed by atoms with Gasteiger partial charge in [0.1, 0.15) is 0 Å². The largest absolute Gasteiger partial charge is 0.348 e. The van der Waals surface area contributed by atoms with Crippen LogP contribution in [0.1, 0.15) is 38.1 Å². The molecule has 0 unspecified atom stereocenters. The summed E-state index contributed by atoms with van der Waals surface area (Å²) in [6.07, 6.45) is -0.211. The number of carbonyl (C=O) groups excluding carboxylic acids is 2. The Morgan fingerprint density at radius 2 is 1.76 bits per heavy atom. The van der Waals surface area contributed by atoms with Crippen LogP contribution in [-0.2, 0) is 14.3 Å². The second-order valence-corrected chi connectivity index (χ2v) is 7.24. The van der Waals surface area contributed by atoms with E-state index in [1.807, 2.05) is 58.0 Å². The first-order chi connectivity index (χ1) is 11.9. The first kappa shape index (κ1) is 18.1. The molecule has 5 nitrogen and oxygen atoms in total. The van der Waals surface area contributed by atoms with Crippen LogP contribution < -0.4 is 0 Å². The number of carbonyl (C=O) groups is 2. The Morgan fingerprint density at radius 3 is 2.28 bits per heavy atom. The molecule has 136 valence electrons. The number of Topliss-reactive ketones (excluding diaryl/α,β-unsaturated/α-hetero) is 1. The number of nitrogens with zero attached hydrogens (tertiary/aromatic N) is 1. The third-order valence-corrected chi connectivity index (χ3v) is 5.26. The number of hydrogen-bond donors (Lipinski definition) is 0. The van der Waals surface area contributed by atoms with Crippen LogP contribution in [0.5, 0.6) is 0 Å². The lowest BCUT2D eigenvalue weighted by molar-refractivity contribution is -0.143. The van der Waals surface area contributed by atoms with Gasteiger partial charge in [-0.25, -0.2) is 0 Å². The molecule has 2 aliphatic rings. The van der Waals surface area contributed by atoms with Gasteiger partial charge in [0.05, 0.1) is 18.6 Å². The molecule has 1 aromatic carbocycles. The minimum Gasteiger partial charge on any atom is -0.348 e. The lowest BCUT2D eigenvalue weighted by Crippen LogP contribution is -2.33. The molecule has 0 aromatic heterocycles. The van der Waals surface area contributed by atoms with Crippen LogP contribution in [0.2, 0.25) is 0 Å². The quantitative estimate of drug-likeness (QED) is 0.744. The summed E-state index contributed by atoms with van der Waals surface area (Å²) < 4.78 is 11.6. The van der Waals surface area contributed by atoms with Crippen LogP contribution in [0.3, 0.4) is 0 Å². The van der Waals surface area contributed by atoms with Crippen molar-refractivity contribution in [3.63, 3.8) is 0 Å². The molecule has 4 atom stereocenters. The van der Waals surface area contributed by atoms with E-state index in [4.69, 9.17) is 9.47 Å². The lowest BCUT2D eigenvalue weighted by Gasteiger charge is -2.20. The molecule has 2 fully saturated rings. The molecule has 1 saturated carbocycles. The van der Waals surface area contributed by atoms with Crippen LogP contribution in [0.25, 0.3) is 0 Å². The van der Waals surface area contributed by atoms with E-state index in [1.165, 1.54) is 0 Å². The molecular formula is C20H27NO4. The molecule has 0 N–H and O–H groups in total. The molecule has 25 heavy (non-hydrogen) atoms. The van der Waals surface area contributed by atoms with Gasteiger partial charge < -0.3 is 14.4 Å². The van der Waals surface area contributed by atoms with Gasteiger partial charge in [-0.05, 0) is 27.7 Å². The molecule has 0 radical (unpaired) electrons. The van der Waals surface area contributed by atoms with E-state index in [0.29, 0.717) is 25.3 Å². The van der Waals surface area contributed by atoms with E-state index in [0.717, 1.165) is 0 Å². The van der Waals surface area contributed by atoms with Crippen molar-refractivity contribution in [2.45, 2.75) is 39.6 Å². The van der Waals surface area contributed by atoms with Gasteiger partial charge in [-0.3, -0.25) is 9.59 Å². The van der Waals surface area contributed by atoms with E-state index in [1.54, 1.807) is 4.90 Å². The Morgan fingerprint density at radius 1 is 1.12 bits per heavy atom. The summed E-state index contributed by atoms with van der Waals surface area (Å²) in [5.41, 5.74) is 0.658. The maximum atomic E-state index is 13.0. The minimum atomic E-state index is -0.656. The van der Waals surface area contributed by atoms with Crippen molar-refractivity contribution in [2.24, 2.45) is 17.8 Å². The second kappa shape index (κ2) is 6.89. The highest BCUT2D eigenvalue weighted by Crippen LogP contribution is 2.54. The van der Waals surface area contributed by atoms with Gasteiger partial charge in [0.2, 0.25) is 5.91 Å². The number of ketones is 1. The Balaban J connectivity index is 1.83. The highest BCUT2D eigenvalue weighted by Gasteiger charge is 2.64. The maximum Gasteiger partial charge on any atom is 0.226 e. The topological polar surface area (TPSA) is 55.8 Å². The van der Waals surface area contributed by atoms with Gasteiger partial charge in [-0.15, -0.1) is 0 Å². The van der Waals surface area contributed by atoms with Gasteiger partial charge in [0.25, 0.3) is 0 Å². The molecule has 5 heteroatoms. The van der Waals surface area contributed by atoms with Crippen molar-refractivity contribution in [1.82, 2.24) is 4.90 Å². The van der Waals surface area contributed by atoms with Crippen molar-refractivity contribution < 1.29 is 19.1 Å². The zero-order valence-electron chi connectivity index (χ0n) is 15.4. The summed E-state index contributed by atoms with van der Waals surface area (Å²) in [5.74, 6) is -1.31. The van der Waals surface area contributed by atoms with E-state index < -0.39 is 5.79 Å². The predicted octanol–water partition coefficient (Wildman–Crippen LogP) is 2.75. The zero-order chi connectivity index (χ0) is 18.2. The monoisotopic (exact) mass is 345 g/mol. The zero-order valence-corrected chi connectivity index (χ0v) is 15.4. The fraction of sp³-hybridized carbons (Fsp3) is 0.600. The minimum absolute atomic E-state index is 0.0319. The molecule has 1 aliphatic carbocycles. The number of benzene rings is 1. The third kappa shape index (κ3) is 3.48. The molecule has 1 amide bonds. The van der Waals surface area contributed by atoms with Crippen molar-refractivity contribution in [1.29, 1.82) is 0 Å². The van der Waals surface area contributed by atoms with Gasteiger partial charge in [-0.1, -0.05) is 30.3 Å². The van der Waals surface area contributed by atoms with Crippen molar-refractivity contribution >= 4 is 11.7 Å². The smallest absolute Gasteiger partial charge is 0.226 e. The summed E-state index contributed by atoms with van der Waals surface area (Å²) in [6, 6.07) is 9.21. The van der Waals surface area contributed by atoms with Crippen molar-refractivity contribution in [3.8, 4) is 0 Å². The number of amides is 1. The summed E-state index contributed by atoms with van der Waals surface area (Å²) in [7, 11) is 0. The van der Waals surface area contributed by atoms with Crippen molar-refractivity contribution in [2.75, 3.05) is 19.7 Å². The Hall–Kier alpha value is -1.72. The summed E-state index contributed by atoms with van der Waals surface area (Å²) in [6.45, 7) is 9.39. The van der Waals surface area contributed by atoms with Gasteiger partial charge in [-0.2, -0.15) is 0 Å². The average Bonchev–Trinajstić information content (AvgIpc) is 3.25. The fourth-order valence-corrected chi connectivity index (χ4v) is 3.90. The fourth-order valence-electron chi connectivity index (χ4n) is 3.90. The van der Waals surface area contributed by atoms with E-state index in [-0.39, 0.29) is 35.5 Å². The van der Waals surface area contributed by atoms with E-state index >= 15 is 0 Å². The van der Waals surface area contributed by atoms with Gasteiger partial charge in [0, 0.05) is 30.5 Å². The molecular weight excluding hydrogens is 318 g/mol. The van der Waals surface area contributed by atoms with Crippen LogP contribution in [-0.4, -0.2) is 48.2 Å². The Labute approximate surface area is 149 Å². The first-order valence-corrected chi connectivity index (χ1v) is 9.09. The standard InChI is InChI=1S/C20H27NO4/c1-5-21(6-2)19(23)17-15(14-12-24-20(3,4)25-14)16(17)18(22)13-10-8-7-9-11-13/h7-11,14-17H,5-6,12H2,1-4H3/t14-,15+,16+,17-/m0/s1. The highest BCUT2D eigenvalue weighted by atomic mass is 16.7. The van der Waals surface area contributed by atoms with Crippen LogP contribution in [0.15, 0.2) is 30.3 Å². The molecule has 0 bridgehead atoms. The maximum absolute atomic E-state index is 13.0. The van der Waals surface area contributed by atoms with Gasteiger partial charge >= 0.3 is 0 Å². The Bertz CT molecular complexity index is 638. The molecule has 1 aromatic rings. The number of ether oxygens (including phenoxy) is 2. The lowest BCUT2D eigenvalue weighted by atomic mass is 10.0. The van der Waals surface area contributed by atoms with Crippen LogP contribution in [0.4, 0.5) is 0 Å². The van der Waals surface area contributed by atoms with E-state index in [9.17, 15) is 9.59 Å². The second-order valence-electron chi connectivity index (χ2n) is 7.24. The first-order valence-electron chi connectivity index (χ1n) is 9.09. The summed E-state index contributed by atoms with van der Waals surface area (Å²) >= 11 is 0. The predicted molar refractivity (Wildman–Crippen MR) is 94.1 cm³/mol. The Kier molecular flexibility index (Phi) is 4.98. The summed E-state index contributed by atoms with van der Waals surface area (Å²) in [4.78, 5) is 27.7. The number of hydrogen-bond acceptors (Lipinski definition) is 4. The molecule has 1 heterocycles. The number of rotatable bonds is 6. The van der Waals surface area contributed by atoms with Crippen LogP contribution >= 0.6 is 0 Å². The van der Waals surface area contributed by atoms with Crippen LogP contribution in [0, 0.1) is 17.8 Å². The average molecular weight is 345 g/mol.